The van der Waals surface area contributed by atoms with Crippen molar-refractivity contribution in [3.8, 4) is 0 Å². The van der Waals surface area contributed by atoms with E-state index < -0.39 is 0 Å². The van der Waals surface area contributed by atoms with Crippen molar-refractivity contribution in [1.29, 1.82) is 0 Å². The van der Waals surface area contributed by atoms with Crippen LogP contribution in [0.3, 0.4) is 0 Å². The molecule has 2 heterocycles. The van der Waals surface area contributed by atoms with Crippen LogP contribution in [0, 0.1) is 11.6 Å². The molecule has 2 aromatic carbocycles. The summed E-state index contributed by atoms with van der Waals surface area (Å²) in [6, 6.07) is 9.82. The molecule has 200 valence electrons. The molecule has 4 rings (SSSR count). The van der Waals surface area contributed by atoms with Crippen molar-refractivity contribution in [3.63, 3.8) is 0 Å². The van der Waals surface area contributed by atoms with Crippen LogP contribution in [-0.4, -0.2) is 59.0 Å². The number of rotatable bonds is 13. The van der Waals surface area contributed by atoms with Gasteiger partial charge in [0.2, 0.25) is 0 Å². The molecule has 4 aromatic rings. The zero-order valence-corrected chi connectivity index (χ0v) is 22.6. The third-order valence-corrected chi connectivity index (χ3v) is 6.77. The number of aromatic amines is 2. The first-order valence-electron chi connectivity index (χ1n) is 13.6. The van der Waals surface area contributed by atoms with Gasteiger partial charge in [-0.25, -0.2) is 8.78 Å². The fourth-order valence-corrected chi connectivity index (χ4v) is 4.80. The van der Waals surface area contributed by atoms with Gasteiger partial charge in [0.15, 0.2) is 0 Å². The number of nitrogens with zero attached hydrogens (tertiary/aromatic N) is 2. The average Bonchev–Trinajstić information content (AvgIpc) is 3.49. The highest BCUT2D eigenvalue weighted by Crippen LogP contribution is 2.21. The number of benzene rings is 2. The number of H-pyrrole nitrogens is 2. The molecule has 2 aromatic heterocycles. The van der Waals surface area contributed by atoms with E-state index in [1.807, 2.05) is 24.5 Å². The average molecular weight is 509 g/mol. The highest BCUT2D eigenvalue weighted by atomic mass is 19.1. The topological polar surface area (TPSA) is 38.1 Å². The number of aromatic nitrogens is 2. The first kappa shape index (κ1) is 28.6. The van der Waals surface area contributed by atoms with Gasteiger partial charge in [0, 0.05) is 53.8 Å². The first-order chi connectivity index (χ1) is 18.0. The van der Waals surface area contributed by atoms with Crippen LogP contribution < -0.4 is 0 Å². The van der Waals surface area contributed by atoms with Crippen LogP contribution in [0.1, 0.15) is 44.7 Å². The summed E-state index contributed by atoms with van der Waals surface area (Å²) >= 11 is 0. The second-order valence-corrected chi connectivity index (χ2v) is 9.53. The Morgan fingerprint density at radius 3 is 1.65 bits per heavy atom. The van der Waals surface area contributed by atoms with E-state index in [-0.39, 0.29) is 11.6 Å². The van der Waals surface area contributed by atoms with Crippen LogP contribution in [-0.2, 0) is 12.8 Å². The van der Waals surface area contributed by atoms with E-state index >= 15 is 0 Å². The van der Waals surface area contributed by atoms with E-state index in [0.29, 0.717) is 0 Å². The predicted molar refractivity (Wildman–Crippen MR) is 153 cm³/mol. The minimum absolute atomic E-state index is 0.160. The largest absolute Gasteiger partial charge is 0.361 e. The fraction of sp³-hybridized carbons (Fsp3) is 0.419. The second kappa shape index (κ2) is 14.7. The lowest BCUT2D eigenvalue weighted by molar-refractivity contribution is 0.278. The molecule has 0 aliphatic rings. The quantitative estimate of drug-likeness (QED) is 0.186. The molecule has 0 amide bonds. The van der Waals surface area contributed by atoms with Gasteiger partial charge in [-0.2, -0.15) is 0 Å². The van der Waals surface area contributed by atoms with E-state index in [9.17, 15) is 8.78 Å². The van der Waals surface area contributed by atoms with Crippen molar-refractivity contribution in [1.82, 2.24) is 19.8 Å². The zero-order valence-electron chi connectivity index (χ0n) is 22.6. The van der Waals surface area contributed by atoms with E-state index in [1.165, 1.54) is 36.1 Å². The van der Waals surface area contributed by atoms with Crippen LogP contribution in [0.2, 0.25) is 0 Å². The molecule has 0 aliphatic heterocycles. The summed E-state index contributed by atoms with van der Waals surface area (Å²) in [4.78, 5) is 11.2. The predicted octanol–water partition coefficient (Wildman–Crippen LogP) is 7.33. The van der Waals surface area contributed by atoms with Gasteiger partial charge < -0.3 is 14.9 Å². The maximum atomic E-state index is 13.3. The maximum absolute atomic E-state index is 13.3. The molecule has 0 aliphatic carbocycles. The normalized spacial score (nSPS) is 11.4. The van der Waals surface area contributed by atoms with Crippen molar-refractivity contribution >= 4 is 21.8 Å². The van der Waals surface area contributed by atoms with Gasteiger partial charge in [0.25, 0.3) is 0 Å². The molecule has 0 saturated carbocycles. The molecule has 0 atom stereocenters. The highest BCUT2D eigenvalue weighted by Gasteiger charge is 2.09. The Balaban J connectivity index is 0.000000206. The van der Waals surface area contributed by atoms with Gasteiger partial charge in [0.05, 0.1) is 0 Å². The molecule has 6 heteroatoms. The molecule has 0 bridgehead atoms. The van der Waals surface area contributed by atoms with Crippen LogP contribution in [0.25, 0.3) is 21.8 Å². The molecule has 0 fully saturated rings. The minimum Gasteiger partial charge on any atom is -0.361 e. The van der Waals surface area contributed by atoms with Gasteiger partial charge in [-0.05, 0) is 92.8 Å². The number of fused-ring (bicyclic) bond motifs is 2. The molecule has 0 saturated heterocycles. The van der Waals surface area contributed by atoms with Crippen LogP contribution >= 0.6 is 0 Å². The second-order valence-electron chi connectivity index (χ2n) is 9.53. The van der Waals surface area contributed by atoms with Gasteiger partial charge in [0.1, 0.15) is 11.6 Å². The summed E-state index contributed by atoms with van der Waals surface area (Å²) in [6.07, 6.45) is 10.2. The summed E-state index contributed by atoms with van der Waals surface area (Å²) in [5.74, 6) is -0.339. The molecule has 37 heavy (non-hydrogen) atoms. The lowest BCUT2D eigenvalue weighted by atomic mass is 10.1. The number of hydrogen-bond acceptors (Lipinski definition) is 2. The van der Waals surface area contributed by atoms with E-state index in [0.717, 1.165) is 73.9 Å². The first-order valence-corrected chi connectivity index (χ1v) is 13.6. The Labute approximate surface area is 220 Å². The number of nitrogens with one attached hydrogen (secondary N) is 2. The third kappa shape index (κ3) is 8.27. The van der Waals surface area contributed by atoms with Gasteiger partial charge in [-0.15, -0.1) is 6.58 Å². The Bertz CT molecular complexity index is 1240. The SMILES string of the molecule is C=CCN(CC)CCc1c[nH]c2ccc(F)cc12.CCCN(CCC)CCc1c[nH]c2ccc(F)cc12. The van der Waals surface area contributed by atoms with Gasteiger partial charge >= 0.3 is 0 Å². The lowest BCUT2D eigenvalue weighted by Gasteiger charge is -2.20. The monoisotopic (exact) mass is 508 g/mol. The number of hydrogen-bond donors (Lipinski definition) is 2. The van der Waals surface area contributed by atoms with Crippen molar-refractivity contribution in [2.45, 2.75) is 46.5 Å². The summed E-state index contributed by atoms with van der Waals surface area (Å²) < 4.78 is 26.6. The Morgan fingerprint density at radius 2 is 1.22 bits per heavy atom. The molecule has 0 unspecified atom stereocenters. The zero-order chi connectivity index (χ0) is 26.6. The van der Waals surface area contributed by atoms with E-state index in [2.05, 4.69) is 47.1 Å². The summed E-state index contributed by atoms with van der Waals surface area (Å²) in [5.41, 5.74) is 4.41. The third-order valence-electron chi connectivity index (χ3n) is 6.77. The molecule has 4 nitrogen and oxygen atoms in total. The van der Waals surface area contributed by atoms with Crippen LogP contribution in [0.15, 0.2) is 61.4 Å². The molecular formula is C31H42F2N4. The highest BCUT2D eigenvalue weighted by molar-refractivity contribution is 5.83. The number of halogens is 2. The molecule has 0 radical (unpaired) electrons. The standard InChI is InChI=1S/C16H23FN2.C15H19FN2/c1-3-8-19(9-4-2)10-7-13-12-18-16-6-5-14(17)11-15(13)16;1-3-8-18(4-2)9-7-12-11-17-15-6-5-13(16)10-14(12)15/h5-6,11-12,18H,3-4,7-10H2,1-2H3;3,5-6,10-11,17H,1,4,7-9H2,2H3. The Morgan fingerprint density at radius 1 is 0.730 bits per heavy atom. The fourth-order valence-electron chi connectivity index (χ4n) is 4.80. The van der Waals surface area contributed by atoms with Crippen molar-refractivity contribution in [3.05, 3.63) is 84.2 Å². The maximum Gasteiger partial charge on any atom is 0.123 e. The minimum atomic E-state index is -0.179. The summed E-state index contributed by atoms with van der Waals surface area (Å²) in [6.45, 7) is 16.5. The van der Waals surface area contributed by atoms with Crippen molar-refractivity contribution in [2.24, 2.45) is 0 Å². The lowest BCUT2D eigenvalue weighted by Crippen LogP contribution is -2.27. The van der Waals surface area contributed by atoms with E-state index in [1.54, 1.807) is 18.2 Å². The summed E-state index contributed by atoms with van der Waals surface area (Å²) in [7, 11) is 0. The summed E-state index contributed by atoms with van der Waals surface area (Å²) in [5, 5.41) is 2.01. The molecule has 0 spiro atoms. The van der Waals surface area contributed by atoms with E-state index in [4.69, 9.17) is 0 Å². The molecular weight excluding hydrogens is 466 g/mol. The van der Waals surface area contributed by atoms with Crippen molar-refractivity contribution < 1.29 is 8.78 Å². The number of likely N-dealkylation sites (N-methyl/N-ethyl adjacent to an activating group) is 1. The van der Waals surface area contributed by atoms with Gasteiger partial charge in [-0.3, -0.25) is 4.90 Å². The van der Waals surface area contributed by atoms with Crippen LogP contribution in [0.5, 0.6) is 0 Å². The smallest absolute Gasteiger partial charge is 0.123 e. The molecule has 2 N–H and O–H groups in total. The Hall–Kier alpha value is -2.96. The van der Waals surface area contributed by atoms with Crippen molar-refractivity contribution in [2.75, 3.05) is 39.3 Å². The van der Waals surface area contributed by atoms with Gasteiger partial charge in [-0.1, -0.05) is 26.8 Å². The Kier molecular flexibility index (Phi) is 11.4. The van der Waals surface area contributed by atoms with Crippen LogP contribution in [0.4, 0.5) is 8.78 Å².